The highest BCUT2D eigenvalue weighted by Gasteiger charge is 2.32. The molecule has 38 heavy (non-hydrogen) atoms. The van der Waals surface area contributed by atoms with Crippen LogP contribution in [-0.2, 0) is 36.8 Å². The van der Waals surface area contributed by atoms with E-state index in [1.807, 2.05) is 6.07 Å². The number of carbonyl (C=O) groups is 5. The van der Waals surface area contributed by atoms with Gasteiger partial charge in [0.25, 0.3) is 0 Å². The molecular formula is C27H33N5O6. The maximum absolute atomic E-state index is 13.3. The molecule has 11 heteroatoms. The minimum atomic E-state index is -1.43. The number of hydrogen-bond acceptors (Lipinski definition) is 6. The van der Waals surface area contributed by atoms with E-state index in [0.29, 0.717) is 18.5 Å². The van der Waals surface area contributed by atoms with Gasteiger partial charge in [-0.1, -0.05) is 60.7 Å². The van der Waals surface area contributed by atoms with E-state index in [1.165, 1.54) is 0 Å². The molecule has 4 atom stereocenters. The molecule has 3 rings (SSSR count). The Hall–Kier alpha value is -4.25. The van der Waals surface area contributed by atoms with Crippen molar-refractivity contribution in [3.05, 3.63) is 71.8 Å². The fraction of sp³-hybridized carbons (Fsp3) is 0.370. The quantitative estimate of drug-likeness (QED) is 0.207. The van der Waals surface area contributed by atoms with Crippen LogP contribution in [0.4, 0.5) is 0 Å². The van der Waals surface area contributed by atoms with Gasteiger partial charge in [-0.05, 0) is 30.5 Å². The maximum Gasteiger partial charge on any atom is 0.326 e. The third kappa shape index (κ3) is 8.70. The standard InChI is InChI=1S/C27H33N5O6/c28-23(33)16-21(26(36)32-22(27(37)38)15-18-10-5-2-6-11-18)31-25(35)20(14-17-8-3-1-4-9-17)30-24(34)19-12-7-13-29-19/h1-6,8-11,19-22,29H,7,12-16H2,(H2,28,33)(H,30,34)(H,31,35)(H,32,36)(H,37,38)/t19-,20-,21-,22-/m0/s1. The molecule has 1 saturated heterocycles. The van der Waals surface area contributed by atoms with E-state index in [2.05, 4.69) is 21.3 Å². The van der Waals surface area contributed by atoms with Crippen LogP contribution in [0.25, 0.3) is 0 Å². The van der Waals surface area contributed by atoms with Gasteiger partial charge in [0.1, 0.15) is 18.1 Å². The Morgan fingerprint density at radius 2 is 1.34 bits per heavy atom. The van der Waals surface area contributed by atoms with Crippen molar-refractivity contribution in [1.82, 2.24) is 21.3 Å². The van der Waals surface area contributed by atoms with E-state index in [4.69, 9.17) is 5.73 Å². The van der Waals surface area contributed by atoms with E-state index in [-0.39, 0.29) is 18.7 Å². The van der Waals surface area contributed by atoms with Gasteiger partial charge in [0, 0.05) is 12.8 Å². The van der Waals surface area contributed by atoms with E-state index in [1.54, 1.807) is 54.6 Å². The van der Waals surface area contributed by atoms with Gasteiger partial charge in [0.2, 0.25) is 23.6 Å². The van der Waals surface area contributed by atoms with Gasteiger partial charge in [-0.25, -0.2) is 4.79 Å². The number of primary amides is 1. The molecule has 4 amide bonds. The summed E-state index contributed by atoms with van der Waals surface area (Å²) in [6, 6.07) is 13.5. The molecule has 0 aromatic heterocycles. The maximum atomic E-state index is 13.3. The van der Waals surface area contributed by atoms with Crippen LogP contribution in [0.1, 0.15) is 30.4 Å². The number of carbonyl (C=O) groups excluding carboxylic acids is 4. The summed E-state index contributed by atoms with van der Waals surface area (Å²) in [5, 5.41) is 20.3. The number of hydrogen-bond donors (Lipinski definition) is 6. The van der Waals surface area contributed by atoms with Crippen LogP contribution >= 0.6 is 0 Å². The first-order chi connectivity index (χ1) is 18.2. The molecule has 2 aromatic rings. The van der Waals surface area contributed by atoms with Crippen molar-refractivity contribution in [3.63, 3.8) is 0 Å². The van der Waals surface area contributed by atoms with Crippen LogP contribution in [0.5, 0.6) is 0 Å². The van der Waals surface area contributed by atoms with E-state index in [0.717, 1.165) is 12.0 Å². The Morgan fingerprint density at radius 3 is 1.84 bits per heavy atom. The fourth-order valence-corrected chi connectivity index (χ4v) is 4.24. The van der Waals surface area contributed by atoms with Crippen LogP contribution in [-0.4, -0.2) is 65.4 Å². The normalized spacial score (nSPS) is 17.0. The average Bonchev–Trinajstić information content (AvgIpc) is 3.44. The molecule has 0 aliphatic carbocycles. The highest BCUT2D eigenvalue weighted by atomic mass is 16.4. The highest BCUT2D eigenvalue weighted by Crippen LogP contribution is 2.09. The van der Waals surface area contributed by atoms with Gasteiger partial charge in [-0.2, -0.15) is 0 Å². The van der Waals surface area contributed by atoms with Crippen molar-refractivity contribution in [2.24, 2.45) is 5.73 Å². The molecule has 11 nitrogen and oxygen atoms in total. The number of rotatable bonds is 13. The van der Waals surface area contributed by atoms with Gasteiger partial charge >= 0.3 is 5.97 Å². The molecule has 2 aromatic carbocycles. The molecule has 1 heterocycles. The van der Waals surface area contributed by atoms with Gasteiger partial charge in [0.05, 0.1) is 12.5 Å². The monoisotopic (exact) mass is 523 g/mol. The number of nitrogens with one attached hydrogen (secondary N) is 4. The van der Waals surface area contributed by atoms with Crippen LogP contribution < -0.4 is 27.0 Å². The predicted molar refractivity (Wildman–Crippen MR) is 139 cm³/mol. The second-order valence-corrected chi connectivity index (χ2v) is 9.22. The third-order valence-corrected chi connectivity index (χ3v) is 6.23. The first kappa shape index (κ1) is 28.3. The number of carboxylic acid groups (broad SMARTS) is 1. The Morgan fingerprint density at radius 1 is 0.816 bits per heavy atom. The van der Waals surface area contributed by atoms with Crippen molar-refractivity contribution in [1.29, 1.82) is 0 Å². The molecule has 1 fully saturated rings. The molecule has 1 aliphatic heterocycles. The summed E-state index contributed by atoms with van der Waals surface area (Å²) in [4.78, 5) is 62.7. The lowest BCUT2D eigenvalue weighted by Gasteiger charge is -2.25. The lowest BCUT2D eigenvalue weighted by molar-refractivity contribution is -0.142. The first-order valence-corrected chi connectivity index (χ1v) is 12.5. The highest BCUT2D eigenvalue weighted by molar-refractivity contribution is 5.96. The minimum Gasteiger partial charge on any atom is -0.480 e. The first-order valence-electron chi connectivity index (χ1n) is 12.5. The summed E-state index contributed by atoms with van der Waals surface area (Å²) in [6.45, 7) is 0.697. The van der Waals surface area contributed by atoms with Gasteiger partial charge in [0.15, 0.2) is 0 Å². The van der Waals surface area contributed by atoms with Crippen molar-refractivity contribution in [2.75, 3.05) is 6.54 Å². The lowest BCUT2D eigenvalue weighted by atomic mass is 10.0. The lowest BCUT2D eigenvalue weighted by Crippen LogP contribution is -2.58. The number of aliphatic carboxylic acids is 1. The summed E-state index contributed by atoms with van der Waals surface area (Å²) in [6.07, 6.45) is 1.06. The number of amides is 4. The van der Waals surface area contributed by atoms with Gasteiger partial charge < -0.3 is 32.1 Å². The topological polar surface area (TPSA) is 180 Å². The van der Waals surface area contributed by atoms with Crippen LogP contribution in [0.2, 0.25) is 0 Å². The van der Waals surface area contributed by atoms with Crippen LogP contribution in [0.15, 0.2) is 60.7 Å². The molecule has 7 N–H and O–H groups in total. The second-order valence-electron chi connectivity index (χ2n) is 9.22. The van der Waals surface area contributed by atoms with Crippen LogP contribution in [0.3, 0.4) is 0 Å². The van der Waals surface area contributed by atoms with Crippen molar-refractivity contribution in [3.8, 4) is 0 Å². The van der Waals surface area contributed by atoms with E-state index in [9.17, 15) is 29.1 Å². The summed E-state index contributed by atoms with van der Waals surface area (Å²) in [7, 11) is 0. The predicted octanol–water partition coefficient (Wildman–Crippen LogP) is -0.362. The zero-order chi connectivity index (χ0) is 27.5. The Balaban J connectivity index is 1.74. The summed E-state index contributed by atoms with van der Waals surface area (Å²) in [5.41, 5.74) is 6.78. The summed E-state index contributed by atoms with van der Waals surface area (Å²) < 4.78 is 0. The minimum absolute atomic E-state index is 0.000227. The van der Waals surface area contributed by atoms with E-state index < -0.39 is 54.3 Å². The zero-order valence-electron chi connectivity index (χ0n) is 20.9. The Labute approximate surface area is 220 Å². The Bertz CT molecular complexity index is 1120. The molecule has 0 bridgehead atoms. The average molecular weight is 524 g/mol. The fourth-order valence-electron chi connectivity index (χ4n) is 4.24. The summed E-state index contributed by atoms with van der Waals surface area (Å²) >= 11 is 0. The van der Waals surface area contributed by atoms with Gasteiger partial charge in [-0.15, -0.1) is 0 Å². The largest absolute Gasteiger partial charge is 0.480 e. The number of carboxylic acids is 1. The molecule has 0 unspecified atom stereocenters. The SMILES string of the molecule is NC(=O)C[C@H](NC(=O)[C@H](Cc1ccccc1)NC(=O)[C@@H]1CCCN1)C(=O)N[C@@H](Cc1ccccc1)C(=O)O. The number of benzene rings is 2. The Kier molecular flexibility index (Phi) is 10.4. The smallest absolute Gasteiger partial charge is 0.326 e. The molecule has 1 aliphatic rings. The molecule has 0 saturated carbocycles. The van der Waals surface area contributed by atoms with Crippen molar-refractivity contribution >= 4 is 29.6 Å². The van der Waals surface area contributed by atoms with Crippen molar-refractivity contribution in [2.45, 2.75) is 56.3 Å². The third-order valence-electron chi connectivity index (χ3n) is 6.23. The van der Waals surface area contributed by atoms with E-state index >= 15 is 0 Å². The second kappa shape index (κ2) is 13.9. The molecular weight excluding hydrogens is 490 g/mol. The molecule has 0 radical (unpaired) electrons. The zero-order valence-corrected chi connectivity index (χ0v) is 20.9. The van der Waals surface area contributed by atoms with Gasteiger partial charge in [-0.3, -0.25) is 19.2 Å². The van der Waals surface area contributed by atoms with Crippen LogP contribution in [0, 0.1) is 0 Å². The number of nitrogens with two attached hydrogens (primary N) is 1. The molecule has 202 valence electrons. The molecule has 0 spiro atoms. The van der Waals surface area contributed by atoms with Crippen molar-refractivity contribution < 1.29 is 29.1 Å². The summed E-state index contributed by atoms with van der Waals surface area (Å²) in [5.74, 6) is -4.05.